The summed E-state index contributed by atoms with van der Waals surface area (Å²) in [5.41, 5.74) is 1.71. The van der Waals surface area contributed by atoms with Crippen LogP contribution >= 0.6 is 11.6 Å². The van der Waals surface area contributed by atoms with Gasteiger partial charge in [-0.15, -0.1) is 0 Å². The average Bonchev–Trinajstić information content (AvgIpc) is 3.13. The zero-order chi connectivity index (χ0) is 22.9. The van der Waals surface area contributed by atoms with Gasteiger partial charge in [-0.2, -0.15) is 4.31 Å². The molecule has 1 aromatic heterocycles. The van der Waals surface area contributed by atoms with Crippen molar-refractivity contribution in [3.63, 3.8) is 0 Å². The van der Waals surface area contributed by atoms with E-state index < -0.39 is 15.9 Å². The van der Waals surface area contributed by atoms with E-state index in [1.165, 1.54) is 4.31 Å². The number of nitrogens with zero attached hydrogens (tertiary/aromatic N) is 3. The number of carbonyl (C=O) groups is 1. The maximum atomic E-state index is 13.2. The van der Waals surface area contributed by atoms with Gasteiger partial charge in [-0.25, -0.2) is 8.42 Å². The molecule has 0 radical (unpaired) electrons. The van der Waals surface area contributed by atoms with Crippen LogP contribution in [0.2, 0.25) is 5.02 Å². The van der Waals surface area contributed by atoms with E-state index >= 15 is 0 Å². The van der Waals surface area contributed by atoms with Gasteiger partial charge in [0.05, 0.1) is 35.5 Å². The molecule has 32 heavy (non-hydrogen) atoms. The number of nitrogens with one attached hydrogen (secondary N) is 1. The van der Waals surface area contributed by atoms with Gasteiger partial charge in [-0.05, 0) is 38.8 Å². The Bertz CT molecular complexity index is 1080. The van der Waals surface area contributed by atoms with Crippen molar-refractivity contribution in [1.29, 1.82) is 0 Å². The van der Waals surface area contributed by atoms with Gasteiger partial charge in [0, 0.05) is 26.2 Å². The van der Waals surface area contributed by atoms with Crippen molar-refractivity contribution in [2.24, 2.45) is 5.92 Å². The minimum Gasteiger partial charge on any atom is -0.378 e. The highest BCUT2D eigenvalue weighted by Crippen LogP contribution is 2.35. The Hall–Kier alpha value is -2.14. The van der Waals surface area contributed by atoms with Crippen LogP contribution in [0.15, 0.2) is 27.6 Å². The first-order valence-corrected chi connectivity index (χ1v) is 12.5. The van der Waals surface area contributed by atoms with Gasteiger partial charge in [0.2, 0.25) is 15.9 Å². The molecule has 2 aliphatic rings. The molecule has 0 aliphatic carbocycles. The lowest BCUT2D eigenvalue weighted by molar-refractivity contribution is -0.120. The first-order chi connectivity index (χ1) is 15.3. The zero-order valence-corrected chi connectivity index (χ0v) is 19.7. The second-order valence-corrected chi connectivity index (χ2v) is 10.4. The molecule has 0 bridgehead atoms. The summed E-state index contributed by atoms with van der Waals surface area (Å²) in [7, 11) is -3.80. The number of hydrogen-bond donors (Lipinski definition) is 1. The van der Waals surface area contributed by atoms with Gasteiger partial charge < -0.3 is 19.5 Å². The number of morpholine rings is 1. The van der Waals surface area contributed by atoms with Crippen LogP contribution in [0.4, 0.5) is 11.4 Å². The number of sulfonamides is 1. The molecule has 1 aromatic carbocycles. The van der Waals surface area contributed by atoms with Crippen molar-refractivity contribution in [2.75, 3.05) is 49.6 Å². The van der Waals surface area contributed by atoms with Crippen LogP contribution in [-0.2, 0) is 19.6 Å². The summed E-state index contributed by atoms with van der Waals surface area (Å²) in [6.45, 7) is 6.18. The Kier molecular flexibility index (Phi) is 6.75. The molecule has 2 fully saturated rings. The van der Waals surface area contributed by atoms with Crippen molar-refractivity contribution in [3.05, 3.63) is 34.7 Å². The number of amides is 1. The molecular weight excluding hydrogens is 456 g/mol. The summed E-state index contributed by atoms with van der Waals surface area (Å²) in [6, 6.07) is 5.40. The highest BCUT2D eigenvalue weighted by atomic mass is 35.5. The Morgan fingerprint density at radius 1 is 1.22 bits per heavy atom. The maximum Gasteiger partial charge on any atom is 0.248 e. The highest BCUT2D eigenvalue weighted by Gasteiger charge is 2.36. The van der Waals surface area contributed by atoms with Crippen LogP contribution in [0, 0.1) is 19.8 Å². The van der Waals surface area contributed by atoms with Crippen molar-refractivity contribution in [1.82, 2.24) is 9.46 Å². The second-order valence-electron chi connectivity index (χ2n) is 8.08. The lowest BCUT2D eigenvalue weighted by atomic mass is 9.98. The van der Waals surface area contributed by atoms with Gasteiger partial charge in [0.15, 0.2) is 5.76 Å². The molecule has 1 N–H and O–H groups in total. The third-order valence-corrected chi connectivity index (χ3v) is 8.31. The molecule has 1 amide bonds. The smallest absolute Gasteiger partial charge is 0.248 e. The standard InChI is InChI=1S/C21H27ClN4O5S/c1-14-20(15(2)31-24-14)32(28,29)26-8-4-5-16(13-26)21(27)23-18-7-3-6-17(22)19(18)25-9-11-30-12-10-25/h3,6-7,16H,4-5,8-13H2,1-2H3,(H,23,27)/t16-/m1/s1. The van der Waals surface area contributed by atoms with Crippen LogP contribution in [0.5, 0.6) is 0 Å². The van der Waals surface area contributed by atoms with Gasteiger partial charge in [0.25, 0.3) is 0 Å². The molecule has 2 saturated heterocycles. The van der Waals surface area contributed by atoms with E-state index in [9.17, 15) is 13.2 Å². The van der Waals surface area contributed by atoms with E-state index in [1.54, 1.807) is 26.0 Å². The third kappa shape index (κ3) is 4.50. The second kappa shape index (κ2) is 9.38. The molecular formula is C21H27ClN4O5S. The summed E-state index contributed by atoms with van der Waals surface area (Å²) in [6.07, 6.45) is 1.19. The Labute approximate surface area is 192 Å². The first-order valence-electron chi connectivity index (χ1n) is 10.6. The fourth-order valence-electron chi connectivity index (χ4n) is 4.31. The van der Waals surface area contributed by atoms with E-state index in [4.69, 9.17) is 20.9 Å². The molecule has 2 aliphatic heterocycles. The van der Waals surface area contributed by atoms with Crippen molar-refractivity contribution in [2.45, 2.75) is 31.6 Å². The predicted molar refractivity (Wildman–Crippen MR) is 121 cm³/mol. The number of para-hydroxylation sites is 1. The number of anilines is 2. The van der Waals surface area contributed by atoms with Crippen molar-refractivity contribution in [3.8, 4) is 0 Å². The number of aryl methyl sites for hydroxylation is 2. The molecule has 4 rings (SSSR count). The minimum absolute atomic E-state index is 0.0861. The number of hydrogen-bond acceptors (Lipinski definition) is 7. The zero-order valence-electron chi connectivity index (χ0n) is 18.1. The van der Waals surface area contributed by atoms with Gasteiger partial charge >= 0.3 is 0 Å². The molecule has 1 atom stereocenters. The molecule has 11 heteroatoms. The third-order valence-electron chi connectivity index (χ3n) is 5.89. The van der Waals surface area contributed by atoms with E-state index in [-0.39, 0.29) is 23.1 Å². The Morgan fingerprint density at radius 3 is 2.66 bits per heavy atom. The van der Waals surface area contributed by atoms with Crippen molar-refractivity contribution >= 4 is 38.9 Å². The van der Waals surface area contributed by atoms with Crippen LogP contribution in [0.25, 0.3) is 0 Å². The molecule has 0 unspecified atom stereocenters. The van der Waals surface area contributed by atoms with Crippen LogP contribution in [0.1, 0.15) is 24.3 Å². The Morgan fingerprint density at radius 2 is 1.97 bits per heavy atom. The topological polar surface area (TPSA) is 105 Å². The highest BCUT2D eigenvalue weighted by molar-refractivity contribution is 7.89. The van der Waals surface area contributed by atoms with Crippen LogP contribution in [-0.4, -0.2) is 63.2 Å². The first kappa shape index (κ1) is 23.0. The van der Waals surface area contributed by atoms with E-state index in [0.29, 0.717) is 62.1 Å². The van der Waals surface area contributed by atoms with E-state index in [1.807, 2.05) is 6.07 Å². The minimum atomic E-state index is -3.80. The van der Waals surface area contributed by atoms with Crippen LogP contribution < -0.4 is 10.2 Å². The number of ether oxygens (including phenoxy) is 1. The van der Waals surface area contributed by atoms with Crippen molar-refractivity contribution < 1.29 is 22.5 Å². The SMILES string of the molecule is Cc1noc(C)c1S(=O)(=O)N1CCC[C@@H](C(=O)Nc2cccc(Cl)c2N2CCOCC2)C1. The van der Waals surface area contributed by atoms with E-state index in [0.717, 1.165) is 5.69 Å². The maximum absolute atomic E-state index is 13.2. The largest absolute Gasteiger partial charge is 0.378 e. The molecule has 0 saturated carbocycles. The predicted octanol–water partition coefficient (Wildman–Crippen LogP) is 2.82. The Balaban J connectivity index is 1.52. The number of piperidine rings is 1. The number of rotatable bonds is 5. The fraction of sp³-hybridized carbons (Fsp3) is 0.524. The normalized spacial score (nSPS) is 20.3. The summed E-state index contributed by atoms with van der Waals surface area (Å²) >= 11 is 6.47. The van der Waals surface area contributed by atoms with Gasteiger partial charge in [0.1, 0.15) is 10.6 Å². The number of benzene rings is 1. The number of carbonyl (C=O) groups excluding carboxylic acids is 1. The molecule has 9 nitrogen and oxygen atoms in total. The summed E-state index contributed by atoms with van der Waals surface area (Å²) < 4.78 is 38.2. The molecule has 2 aromatic rings. The molecule has 174 valence electrons. The quantitative estimate of drug-likeness (QED) is 0.698. The molecule has 3 heterocycles. The number of halogens is 1. The van der Waals surface area contributed by atoms with Gasteiger partial charge in [-0.1, -0.05) is 22.8 Å². The summed E-state index contributed by atoms with van der Waals surface area (Å²) in [4.78, 5) is 15.3. The lowest BCUT2D eigenvalue weighted by Gasteiger charge is -2.33. The van der Waals surface area contributed by atoms with Crippen LogP contribution in [0.3, 0.4) is 0 Å². The number of aromatic nitrogens is 1. The summed E-state index contributed by atoms with van der Waals surface area (Å²) in [5, 5.41) is 7.30. The summed E-state index contributed by atoms with van der Waals surface area (Å²) in [5.74, 6) is -0.445. The lowest BCUT2D eigenvalue weighted by Crippen LogP contribution is -2.44. The van der Waals surface area contributed by atoms with E-state index in [2.05, 4.69) is 15.4 Å². The fourth-order valence-corrected chi connectivity index (χ4v) is 6.42. The monoisotopic (exact) mass is 482 g/mol. The average molecular weight is 483 g/mol. The molecule has 0 spiro atoms. The van der Waals surface area contributed by atoms with Gasteiger partial charge in [-0.3, -0.25) is 4.79 Å².